The first-order chi connectivity index (χ1) is 10.5. The number of carbonyl (C=O) groups excluding carboxylic acids is 2. The molecule has 0 aliphatic carbocycles. The van der Waals surface area contributed by atoms with Crippen LogP contribution in [0.4, 0.5) is 0 Å². The van der Waals surface area contributed by atoms with Gasteiger partial charge in [-0.3, -0.25) is 9.59 Å². The molecular weight excluding hydrogens is 276 g/mol. The lowest BCUT2D eigenvalue weighted by atomic mass is 10.1. The third-order valence-electron chi connectivity index (χ3n) is 3.65. The molecule has 1 unspecified atom stereocenters. The van der Waals surface area contributed by atoms with Crippen molar-refractivity contribution in [1.82, 2.24) is 10.2 Å². The maximum atomic E-state index is 12.5. The van der Waals surface area contributed by atoms with E-state index in [9.17, 15) is 9.59 Å². The molecule has 122 valence electrons. The summed E-state index contributed by atoms with van der Waals surface area (Å²) in [5.74, 6) is -0.213. The monoisotopic (exact) mass is 304 g/mol. The Morgan fingerprint density at radius 3 is 2.32 bits per heavy atom. The summed E-state index contributed by atoms with van der Waals surface area (Å²) in [6.07, 6.45) is 1.99. The Hall–Kier alpha value is -1.84. The molecule has 0 spiro atoms. The Bertz CT molecular complexity index is 471. The molecule has 2 amide bonds. The number of hydrogen-bond acceptors (Lipinski definition) is 2. The first-order valence-electron chi connectivity index (χ1n) is 8.09. The van der Waals surface area contributed by atoms with E-state index in [1.165, 1.54) is 0 Å². The zero-order valence-corrected chi connectivity index (χ0v) is 14.1. The van der Waals surface area contributed by atoms with Crippen LogP contribution in [0.3, 0.4) is 0 Å². The normalized spacial score (nSPS) is 12.0. The summed E-state index contributed by atoms with van der Waals surface area (Å²) in [5, 5.41) is 2.91. The zero-order chi connectivity index (χ0) is 16.5. The molecule has 4 nitrogen and oxygen atoms in total. The molecular formula is C18H28N2O2. The van der Waals surface area contributed by atoms with Crippen LogP contribution >= 0.6 is 0 Å². The van der Waals surface area contributed by atoms with E-state index in [1.807, 2.05) is 44.2 Å². The van der Waals surface area contributed by atoms with Crippen LogP contribution in [-0.4, -0.2) is 29.3 Å². The fourth-order valence-corrected chi connectivity index (χ4v) is 2.20. The highest BCUT2D eigenvalue weighted by Crippen LogP contribution is 2.13. The summed E-state index contributed by atoms with van der Waals surface area (Å²) in [7, 11) is 0. The van der Waals surface area contributed by atoms with Crippen molar-refractivity contribution in [3.63, 3.8) is 0 Å². The fourth-order valence-electron chi connectivity index (χ4n) is 2.20. The van der Waals surface area contributed by atoms with Gasteiger partial charge in [-0.25, -0.2) is 0 Å². The van der Waals surface area contributed by atoms with Crippen LogP contribution in [0.2, 0.25) is 0 Å². The van der Waals surface area contributed by atoms with Crippen molar-refractivity contribution in [3.8, 4) is 0 Å². The molecule has 0 bridgehead atoms. The van der Waals surface area contributed by atoms with E-state index < -0.39 is 6.04 Å². The second-order valence-electron chi connectivity index (χ2n) is 5.93. The quantitative estimate of drug-likeness (QED) is 0.751. The Kier molecular flexibility index (Phi) is 7.64. The highest BCUT2D eigenvalue weighted by molar-refractivity contribution is 5.88. The molecule has 1 aromatic carbocycles. The van der Waals surface area contributed by atoms with Crippen molar-refractivity contribution < 1.29 is 9.59 Å². The van der Waals surface area contributed by atoms with Gasteiger partial charge in [0.2, 0.25) is 11.8 Å². The van der Waals surface area contributed by atoms with E-state index in [0.717, 1.165) is 18.4 Å². The van der Waals surface area contributed by atoms with E-state index >= 15 is 0 Å². The number of unbranched alkanes of at least 4 members (excludes halogenated alkanes) is 1. The van der Waals surface area contributed by atoms with E-state index in [-0.39, 0.29) is 17.7 Å². The number of amides is 2. The molecule has 22 heavy (non-hydrogen) atoms. The smallest absolute Gasteiger partial charge is 0.242 e. The third-order valence-corrected chi connectivity index (χ3v) is 3.65. The summed E-state index contributed by atoms with van der Waals surface area (Å²) < 4.78 is 0. The molecule has 0 aliphatic heterocycles. The van der Waals surface area contributed by atoms with Crippen molar-refractivity contribution in [3.05, 3.63) is 35.9 Å². The fraction of sp³-hybridized carbons (Fsp3) is 0.556. The van der Waals surface area contributed by atoms with E-state index in [2.05, 4.69) is 12.2 Å². The second kappa shape index (κ2) is 9.23. The molecule has 0 saturated heterocycles. The van der Waals surface area contributed by atoms with Gasteiger partial charge in [-0.2, -0.15) is 0 Å². The van der Waals surface area contributed by atoms with Gasteiger partial charge in [-0.15, -0.1) is 0 Å². The zero-order valence-electron chi connectivity index (χ0n) is 14.1. The molecule has 0 fully saturated rings. The van der Waals surface area contributed by atoms with Gasteiger partial charge in [0, 0.05) is 19.0 Å². The first-order valence-corrected chi connectivity index (χ1v) is 8.09. The Balaban J connectivity index is 2.80. The molecule has 0 aromatic heterocycles. The molecule has 0 radical (unpaired) electrons. The summed E-state index contributed by atoms with van der Waals surface area (Å²) in [5.41, 5.74) is 1.03. The van der Waals surface area contributed by atoms with Crippen molar-refractivity contribution in [1.29, 1.82) is 0 Å². The van der Waals surface area contributed by atoms with Crippen LogP contribution in [0.15, 0.2) is 30.3 Å². The highest BCUT2D eigenvalue weighted by atomic mass is 16.2. The van der Waals surface area contributed by atoms with Gasteiger partial charge in [0.1, 0.15) is 6.04 Å². The summed E-state index contributed by atoms with van der Waals surface area (Å²) >= 11 is 0. The van der Waals surface area contributed by atoms with E-state index in [4.69, 9.17) is 0 Å². The van der Waals surface area contributed by atoms with Gasteiger partial charge in [-0.1, -0.05) is 57.5 Å². The molecule has 0 aliphatic rings. The third kappa shape index (κ3) is 5.51. The number of hydrogen-bond donors (Lipinski definition) is 1. The van der Waals surface area contributed by atoms with Gasteiger partial charge in [-0.05, 0) is 18.9 Å². The maximum Gasteiger partial charge on any atom is 0.242 e. The molecule has 1 N–H and O–H groups in total. The molecule has 1 atom stereocenters. The van der Waals surface area contributed by atoms with E-state index in [0.29, 0.717) is 13.1 Å². The predicted octanol–water partition coefficient (Wildman–Crippen LogP) is 2.98. The summed E-state index contributed by atoms with van der Waals surface area (Å²) in [4.78, 5) is 26.4. The van der Waals surface area contributed by atoms with Crippen molar-refractivity contribution in [2.45, 2.75) is 53.1 Å². The van der Waals surface area contributed by atoms with Gasteiger partial charge in [0.15, 0.2) is 0 Å². The van der Waals surface area contributed by atoms with Gasteiger partial charge in [0.05, 0.1) is 0 Å². The minimum absolute atomic E-state index is 0.00185. The maximum absolute atomic E-state index is 12.5. The van der Waals surface area contributed by atoms with Crippen molar-refractivity contribution in [2.24, 2.45) is 5.92 Å². The lowest BCUT2D eigenvalue weighted by Gasteiger charge is -2.30. The van der Waals surface area contributed by atoms with E-state index in [1.54, 1.807) is 11.8 Å². The van der Waals surface area contributed by atoms with Gasteiger partial charge >= 0.3 is 0 Å². The minimum atomic E-state index is -0.466. The number of rotatable bonds is 8. The Morgan fingerprint density at radius 1 is 1.14 bits per heavy atom. The lowest BCUT2D eigenvalue weighted by molar-refractivity contribution is -0.143. The molecule has 0 heterocycles. The molecule has 1 aromatic rings. The number of carbonyl (C=O) groups is 2. The second-order valence-corrected chi connectivity index (χ2v) is 5.93. The van der Waals surface area contributed by atoms with Crippen LogP contribution in [0.1, 0.15) is 46.1 Å². The van der Waals surface area contributed by atoms with Crippen LogP contribution in [0.25, 0.3) is 0 Å². The van der Waals surface area contributed by atoms with Crippen LogP contribution in [0, 0.1) is 5.92 Å². The summed E-state index contributed by atoms with van der Waals surface area (Å²) in [6.45, 7) is 8.73. The van der Waals surface area contributed by atoms with Crippen molar-refractivity contribution in [2.75, 3.05) is 6.54 Å². The van der Waals surface area contributed by atoms with Crippen molar-refractivity contribution >= 4 is 11.8 Å². The molecule has 4 heteroatoms. The lowest BCUT2D eigenvalue weighted by Crippen LogP contribution is -2.49. The number of benzene rings is 1. The topological polar surface area (TPSA) is 49.4 Å². The largest absolute Gasteiger partial charge is 0.354 e. The van der Waals surface area contributed by atoms with Gasteiger partial charge in [0.25, 0.3) is 0 Å². The minimum Gasteiger partial charge on any atom is -0.354 e. The summed E-state index contributed by atoms with van der Waals surface area (Å²) in [6, 6.07) is 9.31. The number of nitrogens with one attached hydrogen (secondary N) is 1. The predicted molar refractivity (Wildman–Crippen MR) is 89.2 cm³/mol. The Labute approximate surface area is 133 Å². The average molecular weight is 304 g/mol. The van der Waals surface area contributed by atoms with Crippen LogP contribution in [0.5, 0.6) is 0 Å². The standard InChI is InChI=1S/C18H28N2O2/c1-5-6-12-19-17(21)15(4)20(18(22)14(2)3)13-16-10-8-7-9-11-16/h7-11,14-15H,5-6,12-13H2,1-4H3,(H,19,21). The first kappa shape index (κ1) is 18.2. The van der Waals surface area contributed by atoms with Gasteiger partial charge < -0.3 is 10.2 Å². The SMILES string of the molecule is CCCCNC(=O)C(C)N(Cc1ccccc1)C(=O)C(C)C. The highest BCUT2D eigenvalue weighted by Gasteiger charge is 2.27. The molecule has 0 saturated carbocycles. The van der Waals surface area contributed by atoms with Crippen LogP contribution < -0.4 is 5.32 Å². The number of nitrogens with zero attached hydrogens (tertiary/aromatic N) is 1. The molecule has 1 rings (SSSR count). The van der Waals surface area contributed by atoms with Crippen LogP contribution in [-0.2, 0) is 16.1 Å². The Morgan fingerprint density at radius 2 is 1.77 bits per heavy atom. The average Bonchev–Trinajstić information content (AvgIpc) is 2.52.